The summed E-state index contributed by atoms with van der Waals surface area (Å²) in [5.74, 6) is 0.971. The van der Waals surface area contributed by atoms with Gasteiger partial charge in [-0.2, -0.15) is 10.2 Å². The standard InChI is InChI=1S/C15H25N3/c1-2-5-13-6-3-7-14(10-9-13)16-12-15-8-4-11-17-18-15/h4,8,11,13-14,16H,2-3,5-7,9-10,12H2,1H3. The van der Waals surface area contributed by atoms with E-state index in [1.54, 1.807) is 6.20 Å². The minimum absolute atomic E-state index is 0.675. The Balaban J connectivity index is 1.73. The Kier molecular flexibility index (Phi) is 5.59. The van der Waals surface area contributed by atoms with Crippen LogP contribution in [0.5, 0.6) is 0 Å². The Labute approximate surface area is 110 Å². The Morgan fingerprint density at radius 3 is 3.00 bits per heavy atom. The molecule has 0 aromatic carbocycles. The molecule has 3 heteroatoms. The quantitative estimate of drug-likeness (QED) is 0.811. The third-order valence-electron chi connectivity index (χ3n) is 3.98. The van der Waals surface area contributed by atoms with Gasteiger partial charge in [0.05, 0.1) is 5.69 Å². The zero-order chi connectivity index (χ0) is 12.6. The number of nitrogens with zero attached hydrogens (tertiary/aromatic N) is 2. The Morgan fingerprint density at radius 1 is 1.28 bits per heavy atom. The first-order valence-corrected chi connectivity index (χ1v) is 7.38. The zero-order valence-electron chi connectivity index (χ0n) is 11.4. The highest BCUT2D eigenvalue weighted by Crippen LogP contribution is 2.26. The van der Waals surface area contributed by atoms with Gasteiger partial charge in [0.1, 0.15) is 0 Å². The number of rotatable bonds is 5. The molecule has 2 atom stereocenters. The summed E-state index contributed by atoms with van der Waals surface area (Å²) in [4.78, 5) is 0. The van der Waals surface area contributed by atoms with Gasteiger partial charge in [-0.05, 0) is 37.3 Å². The fourth-order valence-corrected chi connectivity index (χ4v) is 2.96. The van der Waals surface area contributed by atoms with Crippen molar-refractivity contribution in [2.24, 2.45) is 5.92 Å². The van der Waals surface area contributed by atoms with Gasteiger partial charge in [0, 0.05) is 18.8 Å². The van der Waals surface area contributed by atoms with E-state index >= 15 is 0 Å². The van der Waals surface area contributed by atoms with Crippen LogP contribution in [0.1, 0.15) is 57.6 Å². The molecule has 0 bridgehead atoms. The molecule has 1 aliphatic carbocycles. The van der Waals surface area contributed by atoms with E-state index in [1.165, 1.54) is 44.9 Å². The maximum absolute atomic E-state index is 4.12. The number of nitrogens with one attached hydrogen (secondary N) is 1. The van der Waals surface area contributed by atoms with Crippen LogP contribution in [0.4, 0.5) is 0 Å². The molecule has 1 saturated carbocycles. The highest BCUT2D eigenvalue weighted by Gasteiger charge is 2.17. The van der Waals surface area contributed by atoms with Gasteiger partial charge in [0.2, 0.25) is 0 Å². The van der Waals surface area contributed by atoms with Crippen molar-refractivity contribution in [1.29, 1.82) is 0 Å². The van der Waals surface area contributed by atoms with Crippen molar-refractivity contribution in [3.05, 3.63) is 24.0 Å². The Morgan fingerprint density at radius 2 is 2.22 bits per heavy atom. The van der Waals surface area contributed by atoms with Crippen LogP contribution in [0.3, 0.4) is 0 Å². The minimum Gasteiger partial charge on any atom is -0.308 e. The van der Waals surface area contributed by atoms with Crippen molar-refractivity contribution in [3.63, 3.8) is 0 Å². The third-order valence-corrected chi connectivity index (χ3v) is 3.98. The topological polar surface area (TPSA) is 37.8 Å². The lowest BCUT2D eigenvalue weighted by Crippen LogP contribution is -2.28. The van der Waals surface area contributed by atoms with Gasteiger partial charge in [-0.15, -0.1) is 0 Å². The van der Waals surface area contributed by atoms with Crippen LogP contribution in [-0.2, 0) is 6.54 Å². The molecule has 1 aliphatic rings. The second-order valence-corrected chi connectivity index (χ2v) is 5.46. The average molecular weight is 247 g/mol. The predicted molar refractivity (Wildman–Crippen MR) is 74.1 cm³/mol. The summed E-state index contributed by atoms with van der Waals surface area (Å²) in [6, 6.07) is 4.67. The van der Waals surface area contributed by atoms with Crippen LogP contribution in [-0.4, -0.2) is 16.2 Å². The van der Waals surface area contributed by atoms with Crippen molar-refractivity contribution >= 4 is 0 Å². The van der Waals surface area contributed by atoms with Crippen LogP contribution in [0.2, 0.25) is 0 Å². The number of hydrogen-bond acceptors (Lipinski definition) is 3. The van der Waals surface area contributed by atoms with Crippen LogP contribution >= 0.6 is 0 Å². The summed E-state index contributed by atoms with van der Waals surface area (Å²) < 4.78 is 0. The molecular formula is C15H25N3. The second-order valence-electron chi connectivity index (χ2n) is 5.46. The number of aromatic nitrogens is 2. The van der Waals surface area contributed by atoms with Gasteiger partial charge >= 0.3 is 0 Å². The molecule has 0 amide bonds. The van der Waals surface area contributed by atoms with Gasteiger partial charge < -0.3 is 5.32 Å². The Bertz CT molecular complexity index is 326. The van der Waals surface area contributed by atoms with Crippen LogP contribution < -0.4 is 5.32 Å². The number of hydrogen-bond donors (Lipinski definition) is 1. The summed E-state index contributed by atoms with van der Waals surface area (Å²) in [6.45, 7) is 3.16. The van der Waals surface area contributed by atoms with E-state index in [0.717, 1.165) is 18.2 Å². The fraction of sp³-hybridized carbons (Fsp3) is 0.733. The maximum atomic E-state index is 4.12. The zero-order valence-corrected chi connectivity index (χ0v) is 11.4. The van der Waals surface area contributed by atoms with E-state index in [0.29, 0.717) is 6.04 Å². The summed E-state index contributed by atoms with van der Waals surface area (Å²) in [5.41, 5.74) is 1.05. The van der Waals surface area contributed by atoms with Gasteiger partial charge in [-0.25, -0.2) is 0 Å². The lowest BCUT2D eigenvalue weighted by Gasteiger charge is -2.16. The van der Waals surface area contributed by atoms with Gasteiger partial charge in [0.25, 0.3) is 0 Å². The lowest BCUT2D eigenvalue weighted by molar-refractivity contribution is 0.409. The van der Waals surface area contributed by atoms with E-state index < -0.39 is 0 Å². The van der Waals surface area contributed by atoms with Crippen molar-refractivity contribution in [2.45, 2.75) is 64.5 Å². The highest BCUT2D eigenvalue weighted by molar-refractivity contribution is 4.98. The van der Waals surface area contributed by atoms with Crippen LogP contribution in [0.25, 0.3) is 0 Å². The molecule has 100 valence electrons. The summed E-state index contributed by atoms with van der Waals surface area (Å²) in [6.07, 6.45) is 11.3. The SMILES string of the molecule is CCCC1CCCC(NCc2cccnn2)CC1. The predicted octanol–water partition coefficient (Wildman–Crippen LogP) is 3.32. The van der Waals surface area contributed by atoms with E-state index in [1.807, 2.05) is 12.1 Å². The monoisotopic (exact) mass is 247 g/mol. The molecule has 2 rings (SSSR count). The smallest absolute Gasteiger partial charge is 0.0769 e. The second kappa shape index (κ2) is 7.47. The molecule has 1 aromatic rings. The molecule has 0 saturated heterocycles. The van der Waals surface area contributed by atoms with E-state index in [9.17, 15) is 0 Å². The van der Waals surface area contributed by atoms with Crippen LogP contribution in [0, 0.1) is 5.92 Å². The third kappa shape index (κ3) is 4.37. The highest BCUT2D eigenvalue weighted by atomic mass is 15.1. The maximum Gasteiger partial charge on any atom is 0.0769 e. The molecule has 18 heavy (non-hydrogen) atoms. The molecule has 0 aliphatic heterocycles. The summed E-state index contributed by atoms with van der Waals surface area (Å²) in [7, 11) is 0. The van der Waals surface area contributed by atoms with Crippen molar-refractivity contribution in [1.82, 2.24) is 15.5 Å². The van der Waals surface area contributed by atoms with Gasteiger partial charge in [-0.3, -0.25) is 0 Å². The largest absolute Gasteiger partial charge is 0.308 e. The lowest BCUT2D eigenvalue weighted by atomic mass is 9.95. The molecular weight excluding hydrogens is 222 g/mol. The molecule has 1 fully saturated rings. The Hall–Kier alpha value is -0.960. The molecule has 2 unspecified atom stereocenters. The first-order valence-electron chi connectivity index (χ1n) is 7.38. The molecule has 1 N–H and O–H groups in total. The first-order chi connectivity index (χ1) is 8.88. The molecule has 0 spiro atoms. The van der Waals surface area contributed by atoms with E-state index in [-0.39, 0.29) is 0 Å². The normalized spacial score (nSPS) is 24.7. The summed E-state index contributed by atoms with van der Waals surface area (Å²) in [5, 5.41) is 11.7. The first kappa shape index (κ1) is 13.5. The van der Waals surface area contributed by atoms with Crippen molar-refractivity contribution < 1.29 is 0 Å². The van der Waals surface area contributed by atoms with E-state index in [4.69, 9.17) is 0 Å². The molecule has 1 aromatic heterocycles. The van der Waals surface area contributed by atoms with Gasteiger partial charge in [-0.1, -0.05) is 32.6 Å². The van der Waals surface area contributed by atoms with E-state index in [2.05, 4.69) is 22.4 Å². The van der Waals surface area contributed by atoms with Crippen LogP contribution in [0.15, 0.2) is 18.3 Å². The van der Waals surface area contributed by atoms with Crippen molar-refractivity contribution in [3.8, 4) is 0 Å². The molecule has 1 heterocycles. The molecule has 0 radical (unpaired) electrons. The minimum atomic E-state index is 0.675. The fourth-order valence-electron chi connectivity index (χ4n) is 2.96. The summed E-state index contributed by atoms with van der Waals surface area (Å²) >= 11 is 0. The van der Waals surface area contributed by atoms with Gasteiger partial charge in [0.15, 0.2) is 0 Å². The van der Waals surface area contributed by atoms with Crippen molar-refractivity contribution in [2.75, 3.05) is 0 Å². The molecule has 3 nitrogen and oxygen atoms in total. The average Bonchev–Trinajstić information content (AvgIpc) is 2.64.